The number of aromatic nitrogens is 2. The van der Waals surface area contributed by atoms with Crippen LogP contribution in [0.1, 0.15) is 6.42 Å². The van der Waals surface area contributed by atoms with Gasteiger partial charge in [-0.1, -0.05) is 17.4 Å². The summed E-state index contributed by atoms with van der Waals surface area (Å²) in [5, 5.41) is 3.76. The van der Waals surface area contributed by atoms with Gasteiger partial charge in [0.15, 0.2) is 5.13 Å². The van der Waals surface area contributed by atoms with Crippen LogP contribution in [0.25, 0.3) is 21.3 Å². The number of likely N-dealkylation sites (tertiary alicyclic amines) is 1. The lowest BCUT2D eigenvalue weighted by molar-refractivity contribution is -0.135. The Morgan fingerprint density at radius 1 is 1.21 bits per heavy atom. The number of benzene rings is 1. The molecule has 144 valence electrons. The first-order valence-electron chi connectivity index (χ1n) is 9.51. The fraction of sp³-hybridized carbons (Fsp3) is 0.381. The topological polar surface area (TPSA) is 67.3 Å². The first-order chi connectivity index (χ1) is 13.6. The highest BCUT2D eigenvalue weighted by Crippen LogP contribution is 2.45. The highest BCUT2D eigenvalue weighted by molar-refractivity contribution is 7.22. The van der Waals surface area contributed by atoms with Crippen LogP contribution in [0.5, 0.6) is 5.88 Å². The second kappa shape index (κ2) is 6.83. The third-order valence-electron chi connectivity index (χ3n) is 5.91. The van der Waals surface area contributed by atoms with Crippen molar-refractivity contribution in [3.63, 3.8) is 0 Å². The Balaban J connectivity index is 1.36. The largest absolute Gasteiger partial charge is 0.481 e. The lowest BCUT2D eigenvalue weighted by atomic mass is 9.61. The van der Waals surface area contributed by atoms with Gasteiger partial charge in [0.1, 0.15) is 0 Å². The van der Waals surface area contributed by atoms with Crippen molar-refractivity contribution in [1.29, 1.82) is 0 Å². The van der Waals surface area contributed by atoms with Gasteiger partial charge in [0.05, 0.1) is 17.3 Å². The maximum Gasteiger partial charge on any atom is 0.229 e. The van der Waals surface area contributed by atoms with Gasteiger partial charge < -0.3 is 15.0 Å². The molecule has 2 aromatic heterocycles. The van der Waals surface area contributed by atoms with Gasteiger partial charge in [0.2, 0.25) is 11.8 Å². The van der Waals surface area contributed by atoms with Crippen molar-refractivity contribution < 1.29 is 9.53 Å². The van der Waals surface area contributed by atoms with Gasteiger partial charge in [0, 0.05) is 31.3 Å². The van der Waals surface area contributed by atoms with E-state index in [2.05, 4.69) is 33.3 Å². The van der Waals surface area contributed by atoms with Crippen molar-refractivity contribution in [1.82, 2.24) is 14.9 Å². The third kappa shape index (κ3) is 3.04. The van der Waals surface area contributed by atoms with Gasteiger partial charge in [-0.05, 0) is 54.6 Å². The molecule has 5 rings (SSSR count). The van der Waals surface area contributed by atoms with E-state index < -0.39 is 0 Å². The fourth-order valence-corrected chi connectivity index (χ4v) is 5.51. The molecule has 1 amide bonds. The quantitative estimate of drug-likeness (QED) is 0.734. The van der Waals surface area contributed by atoms with E-state index in [4.69, 9.17) is 4.74 Å². The smallest absolute Gasteiger partial charge is 0.229 e. The lowest BCUT2D eigenvalue weighted by Crippen LogP contribution is -2.57. The highest BCUT2D eigenvalue weighted by atomic mass is 32.1. The van der Waals surface area contributed by atoms with E-state index in [1.165, 1.54) is 17.8 Å². The minimum atomic E-state index is 0.132. The first-order valence-corrected chi connectivity index (χ1v) is 10.3. The van der Waals surface area contributed by atoms with E-state index in [0.29, 0.717) is 22.8 Å². The minimum Gasteiger partial charge on any atom is -0.481 e. The molecule has 1 aliphatic carbocycles. The number of rotatable bonds is 4. The standard InChI is InChI=1S/C21H22N4O2S/c1-25-10-14-7-15(11-25)19(14)20(26)24-21-23-16-4-3-12(8-17(16)28-21)13-5-6-22-18(9-13)27-2/h3-6,8-9,14-15,19H,7,10-11H2,1-2H3,(H,23,24,26). The molecular weight excluding hydrogens is 372 g/mol. The maximum atomic E-state index is 12.8. The molecule has 6 nitrogen and oxygen atoms in total. The van der Waals surface area contributed by atoms with Crippen LogP contribution >= 0.6 is 11.3 Å². The van der Waals surface area contributed by atoms with Crippen molar-refractivity contribution in [2.75, 3.05) is 32.6 Å². The molecule has 3 heterocycles. The molecule has 0 spiro atoms. The van der Waals surface area contributed by atoms with E-state index in [-0.39, 0.29) is 11.8 Å². The number of nitrogens with one attached hydrogen (secondary N) is 1. The van der Waals surface area contributed by atoms with Gasteiger partial charge in [-0.2, -0.15) is 0 Å². The Hall–Kier alpha value is -2.51. The number of amides is 1. The predicted molar refractivity (Wildman–Crippen MR) is 111 cm³/mol. The molecule has 1 aromatic carbocycles. The number of methoxy groups -OCH3 is 1. The summed E-state index contributed by atoms with van der Waals surface area (Å²) in [7, 11) is 3.75. The summed E-state index contributed by atoms with van der Waals surface area (Å²) in [6.45, 7) is 2.04. The number of fused-ring (bicyclic) bond motifs is 3. The Morgan fingerprint density at radius 2 is 2.00 bits per heavy atom. The Labute approximate surface area is 167 Å². The second-order valence-electron chi connectivity index (χ2n) is 7.78. The van der Waals surface area contributed by atoms with Crippen molar-refractivity contribution in [3.8, 4) is 17.0 Å². The molecule has 28 heavy (non-hydrogen) atoms. The average Bonchev–Trinajstić information content (AvgIpc) is 3.08. The zero-order valence-electron chi connectivity index (χ0n) is 15.9. The Bertz CT molecular complexity index is 1040. The van der Waals surface area contributed by atoms with Crippen LogP contribution < -0.4 is 10.1 Å². The van der Waals surface area contributed by atoms with Gasteiger partial charge in [-0.15, -0.1) is 0 Å². The lowest BCUT2D eigenvalue weighted by Gasteiger charge is -2.51. The predicted octanol–water partition coefficient (Wildman–Crippen LogP) is 3.50. The molecule has 0 radical (unpaired) electrons. The zero-order valence-corrected chi connectivity index (χ0v) is 16.7. The number of carbonyl (C=O) groups is 1. The van der Waals surface area contributed by atoms with E-state index in [1.54, 1.807) is 13.3 Å². The van der Waals surface area contributed by atoms with E-state index in [1.807, 2.05) is 24.3 Å². The molecule has 7 heteroatoms. The monoisotopic (exact) mass is 394 g/mol. The number of carbonyl (C=O) groups excluding carboxylic acids is 1. The van der Waals surface area contributed by atoms with Crippen molar-refractivity contribution >= 4 is 32.6 Å². The van der Waals surface area contributed by atoms with Gasteiger partial charge in [-0.3, -0.25) is 4.79 Å². The average molecular weight is 395 g/mol. The third-order valence-corrected chi connectivity index (χ3v) is 6.85. The van der Waals surface area contributed by atoms with Crippen molar-refractivity contribution in [2.24, 2.45) is 17.8 Å². The summed E-state index contributed by atoms with van der Waals surface area (Å²) in [6.07, 6.45) is 2.92. The number of piperidine rings is 2. The summed E-state index contributed by atoms with van der Waals surface area (Å²) >= 11 is 1.52. The molecule has 2 unspecified atom stereocenters. The van der Waals surface area contributed by atoms with Crippen LogP contribution in [0, 0.1) is 17.8 Å². The maximum absolute atomic E-state index is 12.8. The number of ether oxygens (including phenoxy) is 1. The number of nitrogens with zero attached hydrogens (tertiary/aromatic N) is 3. The fourth-order valence-electron chi connectivity index (χ4n) is 4.60. The van der Waals surface area contributed by atoms with Crippen LogP contribution in [-0.4, -0.2) is 48.0 Å². The Kier molecular flexibility index (Phi) is 4.29. The summed E-state index contributed by atoms with van der Waals surface area (Å²) in [4.78, 5) is 23.9. The molecule has 2 fully saturated rings. The molecular formula is C21H22N4O2S. The summed E-state index contributed by atoms with van der Waals surface area (Å²) in [6, 6.07) is 10.0. The van der Waals surface area contributed by atoms with Gasteiger partial charge in [0.25, 0.3) is 0 Å². The van der Waals surface area contributed by atoms with E-state index >= 15 is 0 Å². The van der Waals surface area contributed by atoms with E-state index in [9.17, 15) is 4.79 Å². The van der Waals surface area contributed by atoms with E-state index in [0.717, 1.165) is 34.4 Å². The SMILES string of the molecule is COc1cc(-c2ccc3nc(NC(=O)C4C5CC4CN(C)C5)sc3c2)ccn1. The molecule has 1 saturated heterocycles. The van der Waals surface area contributed by atoms with Crippen molar-refractivity contribution in [3.05, 3.63) is 36.5 Å². The number of hydrogen-bond donors (Lipinski definition) is 1. The Morgan fingerprint density at radius 3 is 2.79 bits per heavy atom. The van der Waals surface area contributed by atoms with Gasteiger partial charge in [-0.25, -0.2) is 9.97 Å². The van der Waals surface area contributed by atoms with Gasteiger partial charge >= 0.3 is 0 Å². The molecule has 1 saturated carbocycles. The summed E-state index contributed by atoms with van der Waals surface area (Å²) in [5.41, 5.74) is 3.02. The number of pyridine rings is 1. The first kappa shape index (κ1) is 17.6. The molecule has 2 bridgehead atoms. The zero-order chi connectivity index (χ0) is 19.3. The highest BCUT2D eigenvalue weighted by Gasteiger charge is 2.49. The van der Waals surface area contributed by atoms with Crippen LogP contribution in [0.15, 0.2) is 36.5 Å². The number of thiazole rings is 1. The molecule has 2 atom stereocenters. The molecule has 2 aliphatic rings. The van der Waals surface area contributed by atoms with Crippen LogP contribution in [0.3, 0.4) is 0 Å². The second-order valence-corrected chi connectivity index (χ2v) is 8.81. The molecule has 3 aromatic rings. The number of anilines is 1. The van der Waals surface area contributed by atoms with Crippen molar-refractivity contribution in [2.45, 2.75) is 6.42 Å². The summed E-state index contributed by atoms with van der Waals surface area (Å²) in [5.74, 6) is 1.85. The molecule has 1 aliphatic heterocycles. The van der Waals surface area contributed by atoms with Crippen LogP contribution in [0.4, 0.5) is 5.13 Å². The number of hydrogen-bond acceptors (Lipinski definition) is 6. The summed E-state index contributed by atoms with van der Waals surface area (Å²) < 4.78 is 6.27. The minimum absolute atomic E-state index is 0.132. The normalized spacial score (nSPS) is 24.0. The molecule has 1 N–H and O–H groups in total. The van der Waals surface area contributed by atoms with Crippen LogP contribution in [0.2, 0.25) is 0 Å². The van der Waals surface area contributed by atoms with Crippen LogP contribution in [-0.2, 0) is 4.79 Å².